The first-order chi connectivity index (χ1) is 8.20. The summed E-state index contributed by atoms with van der Waals surface area (Å²) in [4.78, 5) is 2.31. The molecule has 17 heavy (non-hydrogen) atoms. The van der Waals surface area contributed by atoms with Crippen LogP contribution in [-0.2, 0) is 6.42 Å². The second kappa shape index (κ2) is 3.91. The molecule has 3 rings (SSSR count). The molecule has 3 heteroatoms. The fourth-order valence-electron chi connectivity index (χ4n) is 3.10. The van der Waals surface area contributed by atoms with Crippen molar-refractivity contribution in [3.63, 3.8) is 0 Å². The van der Waals surface area contributed by atoms with Gasteiger partial charge in [0.15, 0.2) is 0 Å². The molecule has 0 fully saturated rings. The van der Waals surface area contributed by atoms with Crippen LogP contribution < -0.4 is 9.47 Å². The highest BCUT2D eigenvalue weighted by atomic mass is 16.5. The van der Waals surface area contributed by atoms with E-state index in [0.29, 0.717) is 12.0 Å². The van der Waals surface area contributed by atoms with E-state index in [0.717, 1.165) is 24.5 Å². The molecule has 92 valence electrons. The van der Waals surface area contributed by atoms with Gasteiger partial charge in [0.1, 0.15) is 11.5 Å². The van der Waals surface area contributed by atoms with Crippen molar-refractivity contribution >= 4 is 0 Å². The summed E-state index contributed by atoms with van der Waals surface area (Å²) in [6.45, 7) is 0.833. The summed E-state index contributed by atoms with van der Waals surface area (Å²) in [6, 6.07) is 4.68. The maximum Gasteiger partial charge on any atom is 0.123 e. The molecule has 0 spiro atoms. The van der Waals surface area contributed by atoms with Gasteiger partial charge < -0.3 is 14.4 Å². The largest absolute Gasteiger partial charge is 0.496 e. The van der Waals surface area contributed by atoms with Crippen molar-refractivity contribution in [3.8, 4) is 11.5 Å². The van der Waals surface area contributed by atoms with Gasteiger partial charge in [0.2, 0.25) is 0 Å². The van der Waals surface area contributed by atoms with E-state index in [1.807, 2.05) is 12.1 Å². The zero-order valence-electron chi connectivity index (χ0n) is 10.7. The predicted octanol–water partition coefficient (Wildman–Crippen LogP) is 2.05. The van der Waals surface area contributed by atoms with Gasteiger partial charge in [-0.3, -0.25) is 0 Å². The number of likely N-dealkylation sites (N-methyl/N-ethyl adjacent to an activating group) is 1. The fraction of sp³-hybridized carbons (Fsp3) is 0.571. The summed E-state index contributed by atoms with van der Waals surface area (Å²) in [6.07, 6.45) is 2.26. The summed E-state index contributed by atoms with van der Waals surface area (Å²) in [5.41, 5.74) is 2.76. The number of ether oxygens (including phenoxy) is 2. The van der Waals surface area contributed by atoms with Crippen LogP contribution in [-0.4, -0.2) is 38.8 Å². The van der Waals surface area contributed by atoms with Gasteiger partial charge in [-0.25, -0.2) is 0 Å². The minimum atomic E-state index is 0.552. The van der Waals surface area contributed by atoms with Crippen LogP contribution in [0.3, 0.4) is 0 Å². The van der Waals surface area contributed by atoms with Crippen molar-refractivity contribution in [2.75, 3.05) is 27.8 Å². The smallest absolute Gasteiger partial charge is 0.123 e. The Labute approximate surface area is 102 Å². The van der Waals surface area contributed by atoms with Gasteiger partial charge in [-0.05, 0) is 39.1 Å². The standard InChI is InChI=1S/C14H19NO2/c1-15(2)10-6-9-8-17-13-5-4-12(16-3)11(7-10)14(9)13/h4-5,9-10H,6-8H2,1-3H3/t9-,10-/m1/s1. The number of benzene rings is 1. The Hall–Kier alpha value is -1.22. The predicted molar refractivity (Wildman–Crippen MR) is 67.0 cm³/mol. The molecule has 0 radical (unpaired) electrons. The number of rotatable bonds is 2. The number of nitrogens with zero attached hydrogens (tertiary/aromatic N) is 1. The van der Waals surface area contributed by atoms with Crippen molar-refractivity contribution in [2.45, 2.75) is 24.8 Å². The lowest BCUT2D eigenvalue weighted by atomic mass is 9.80. The summed E-state index contributed by atoms with van der Waals surface area (Å²) < 4.78 is 11.3. The Bertz CT molecular complexity index is 442. The molecule has 1 aliphatic heterocycles. The zero-order chi connectivity index (χ0) is 12.0. The van der Waals surface area contributed by atoms with Crippen LogP contribution in [0.25, 0.3) is 0 Å². The topological polar surface area (TPSA) is 21.7 Å². The quantitative estimate of drug-likeness (QED) is 0.780. The molecule has 0 bridgehead atoms. The highest BCUT2D eigenvalue weighted by Gasteiger charge is 2.36. The van der Waals surface area contributed by atoms with Crippen LogP contribution in [0.1, 0.15) is 23.5 Å². The van der Waals surface area contributed by atoms with Crippen LogP contribution in [0.5, 0.6) is 11.5 Å². The Kier molecular flexibility index (Phi) is 2.51. The third-order valence-electron chi connectivity index (χ3n) is 4.07. The Morgan fingerprint density at radius 1 is 1.35 bits per heavy atom. The molecule has 1 heterocycles. The van der Waals surface area contributed by atoms with Crippen LogP contribution in [0.4, 0.5) is 0 Å². The normalized spacial score (nSPS) is 25.6. The fourth-order valence-corrected chi connectivity index (χ4v) is 3.10. The van der Waals surface area contributed by atoms with E-state index in [2.05, 4.69) is 19.0 Å². The Morgan fingerprint density at radius 3 is 2.88 bits per heavy atom. The molecule has 0 unspecified atom stereocenters. The van der Waals surface area contributed by atoms with E-state index in [9.17, 15) is 0 Å². The molecular formula is C14H19NO2. The lowest BCUT2D eigenvalue weighted by Gasteiger charge is -2.32. The molecule has 1 aromatic carbocycles. The van der Waals surface area contributed by atoms with Gasteiger partial charge in [0, 0.05) is 23.1 Å². The average Bonchev–Trinajstić information content (AvgIpc) is 2.74. The first-order valence-corrected chi connectivity index (χ1v) is 6.19. The van der Waals surface area contributed by atoms with Crippen LogP contribution >= 0.6 is 0 Å². The average molecular weight is 233 g/mol. The van der Waals surface area contributed by atoms with Gasteiger partial charge in [-0.1, -0.05) is 0 Å². The SMILES string of the molecule is COc1ccc2c3c1C[C@H](N(C)C)C[C@@H]3CO2. The summed E-state index contributed by atoms with van der Waals surface area (Å²) in [7, 11) is 6.06. The van der Waals surface area contributed by atoms with E-state index in [1.165, 1.54) is 17.5 Å². The maximum atomic E-state index is 5.78. The van der Waals surface area contributed by atoms with Crippen molar-refractivity contribution < 1.29 is 9.47 Å². The number of hydrogen-bond donors (Lipinski definition) is 0. The van der Waals surface area contributed by atoms with Gasteiger partial charge in [-0.15, -0.1) is 0 Å². The van der Waals surface area contributed by atoms with Gasteiger partial charge >= 0.3 is 0 Å². The highest BCUT2D eigenvalue weighted by Crippen LogP contribution is 2.46. The summed E-state index contributed by atoms with van der Waals surface area (Å²) >= 11 is 0. The first kappa shape index (κ1) is 10.9. The Morgan fingerprint density at radius 2 is 2.18 bits per heavy atom. The third-order valence-corrected chi connectivity index (χ3v) is 4.07. The second-order valence-corrected chi connectivity index (χ2v) is 5.22. The highest BCUT2D eigenvalue weighted by molar-refractivity contribution is 5.54. The minimum absolute atomic E-state index is 0.552. The minimum Gasteiger partial charge on any atom is -0.496 e. The van der Waals surface area contributed by atoms with Crippen molar-refractivity contribution in [3.05, 3.63) is 23.3 Å². The molecule has 0 saturated carbocycles. The molecule has 0 saturated heterocycles. The van der Waals surface area contributed by atoms with E-state index in [1.54, 1.807) is 7.11 Å². The maximum absolute atomic E-state index is 5.78. The molecular weight excluding hydrogens is 214 g/mol. The Balaban J connectivity index is 2.07. The molecule has 0 aromatic heterocycles. The van der Waals surface area contributed by atoms with Crippen molar-refractivity contribution in [1.82, 2.24) is 4.90 Å². The third kappa shape index (κ3) is 1.61. The van der Waals surface area contributed by atoms with Crippen LogP contribution in [0.15, 0.2) is 12.1 Å². The molecule has 3 nitrogen and oxygen atoms in total. The van der Waals surface area contributed by atoms with Gasteiger partial charge in [0.25, 0.3) is 0 Å². The second-order valence-electron chi connectivity index (χ2n) is 5.22. The number of hydrogen-bond acceptors (Lipinski definition) is 3. The van der Waals surface area contributed by atoms with E-state index < -0.39 is 0 Å². The molecule has 0 amide bonds. The molecule has 2 aliphatic rings. The molecule has 1 aromatic rings. The monoisotopic (exact) mass is 233 g/mol. The lowest BCUT2D eigenvalue weighted by Crippen LogP contribution is -2.35. The van der Waals surface area contributed by atoms with Crippen LogP contribution in [0, 0.1) is 0 Å². The van der Waals surface area contributed by atoms with E-state index in [4.69, 9.17) is 9.47 Å². The summed E-state index contributed by atoms with van der Waals surface area (Å²) in [5, 5.41) is 0. The van der Waals surface area contributed by atoms with E-state index in [-0.39, 0.29) is 0 Å². The van der Waals surface area contributed by atoms with Gasteiger partial charge in [0.05, 0.1) is 13.7 Å². The van der Waals surface area contributed by atoms with Gasteiger partial charge in [-0.2, -0.15) is 0 Å². The molecule has 1 aliphatic carbocycles. The van der Waals surface area contributed by atoms with E-state index >= 15 is 0 Å². The van der Waals surface area contributed by atoms with Crippen molar-refractivity contribution in [2.24, 2.45) is 0 Å². The number of methoxy groups -OCH3 is 1. The summed E-state index contributed by atoms with van der Waals surface area (Å²) in [5.74, 6) is 2.64. The first-order valence-electron chi connectivity index (χ1n) is 6.19. The molecule has 2 atom stereocenters. The zero-order valence-corrected chi connectivity index (χ0v) is 10.7. The van der Waals surface area contributed by atoms with Crippen molar-refractivity contribution in [1.29, 1.82) is 0 Å². The van der Waals surface area contributed by atoms with Crippen LogP contribution in [0.2, 0.25) is 0 Å². The lowest BCUT2D eigenvalue weighted by molar-refractivity contribution is 0.232. The molecule has 0 N–H and O–H groups in total.